The molecule has 3 rings (SSSR count). The number of ether oxygens (including phenoxy) is 1. The number of halogens is 6. The van der Waals surface area contributed by atoms with Gasteiger partial charge in [0.25, 0.3) is 5.91 Å². The fraction of sp³-hybridized carbons (Fsp3) is 0.261. The van der Waals surface area contributed by atoms with Crippen LogP contribution >= 0.6 is 0 Å². The molecule has 37 heavy (non-hydrogen) atoms. The highest BCUT2D eigenvalue weighted by atomic mass is 32.2. The molecule has 0 saturated carbocycles. The summed E-state index contributed by atoms with van der Waals surface area (Å²) in [7, 11) is -1.50. The number of sulfone groups is 1. The van der Waals surface area contributed by atoms with Crippen LogP contribution in [0.4, 0.5) is 26.3 Å². The third kappa shape index (κ3) is 6.37. The number of methoxy groups -OCH3 is 1. The summed E-state index contributed by atoms with van der Waals surface area (Å²) in [5.74, 6) is -0.693. The van der Waals surface area contributed by atoms with E-state index in [1.54, 1.807) is 18.2 Å². The van der Waals surface area contributed by atoms with Gasteiger partial charge in [0.2, 0.25) is 15.0 Å². The van der Waals surface area contributed by atoms with Crippen molar-refractivity contribution in [2.75, 3.05) is 20.4 Å². The fourth-order valence-corrected chi connectivity index (χ4v) is 3.91. The van der Waals surface area contributed by atoms with Crippen molar-refractivity contribution in [3.63, 3.8) is 0 Å². The molecule has 1 heterocycles. The maximum atomic E-state index is 13.3. The van der Waals surface area contributed by atoms with Crippen molar-refractivity contribution in [2.45, 2.75) is 24.1 Å². The number of hydrogen-bond acceptors (Lipinski definition) is 6. The van der Waals surface area contributed by atoms with Crippen LogP contribution in [0.15, 0.2) is 53.8 Å². The zero-order valence-electron chi connectivity index (χ0n) is 19.5. The van der Waals surface area contributed by atoms with Crippen LogP contribution in [0.3, 0.4) is 0 Å². The Morgan fingerprint density at radius 3 is 2.05 bits per heavy atom. The number of aromatic nitrogens is 2. The molecule has 198 valence electrons. The largest absolute Gasteiger partial charge is 0.496 e. The maximum absolute atomic E-state index is 13.3. The molecular formula is C23H19F6N3O4S. The summed E-state index contributed by atoms with van der Waals surface area (Å²) in [5, 5.41) is -0.693. The fourth-order valence-electron chi connectivity index (χ4n) is 3.41. The lowest BCUT2D eigenvalue weighted by Crippen LogP contribution is -2.29. The molecule has 0 unspecified atom stereocenters. The second-order valence-corrected chi connectivity index (χ2v) is 9.87. The molecule has 0 fully saturated rings. The lowest BCUT2D eigenvalue weighted by molar-refractivity contribution is -0.143. The molecule has 2 aromatic carbocycles. The van der Waals surface area contributed by atoms with Gasteiger partial charge in [0.1, 0.15) is 11.4 Å². The number of hydrogen-bond donors (Lipinski definition) is 0. The molecule has 1 amide bonds. The Hall–Kier alpha value is -3.68. The lowest BCUT2D eigenvalue weighted by Gasteiger charge is -2.21. The highest BCUT2D eigenvalue weighted by Crippen LogP contribution is 2.37. The molecule has 1 aromatic heterocycles. The first-order chi connectivity index (χ1) is 17.0. The number of nitrogens with zero attached hydrogens (tertiary/aromatic N) is 3. The van der Waals surface area contributed by atoms with E-state index in [2.05, 4.69) is 9.97 Å². The van der Waals surface area contributed by atoms with E-state index in [9.17, 15) is 39.6 Å². The molecule has 0 spiro atoms. The Labute approximate surface area is 207 Å². The van der Waals surface area contributed by atoms with Crippen LogP contribution in [0.2, 0.25) is 0 Å². The minimum absolute atomic E-state index is 0.0199. The van der Waals surface area contributed by atoms with Gasteiger partial charge in [-0.05, 0) is 29.8 Å². The molecule has 0 saturated heterocycles. The average Bonchev–Trinajstić information content (AvgIpc) is 2.81. The lowest BCUT2D eigenvalue weighted by atomic mass is 10.0. The van der Waals surface area contributed by atoms with Crippen molar-refractivity contribution < 1.29 is 44.3 Å². The van der Waals surface area contributed by atoms with Gasteiger partial charge in [-0.25, -0.2) is 18.4 Å². The maximum Gasteiger partial charge on any atom is 0.416 e. The first-order valence-electron chi connectivity index (χ1n) is 10.3. The van der Waals surface area contributed by atoms with Crippen LogP contribution in [-0.4, -0.2) is 49.6 Å². The molecule has 0 radical (unpaired) electrons. The van der Waals surface area contributed by atoms with Gasteiger partial charge >= 0.3 is 12.4 Å². The van der Waals surface area contributed by atoms with Gasteiger partial charge in [-0.15, -0.1) is 0 Å². The Balaban J connectivity index is 2.10. The third-order valence-corrected chi connectivity index (χ3v) is 5.97. The topological polar surface area (TPSA) is 89.5 Å². The first kappa shape index (κ1) is 27.9. The van der Waals surface area contributed by atoms with E-state index < -0.39 is 62.2 Å². The van der Waals surface area contributed by atoms with Crippen LogP contribution in [-0.2, 0) is 28.7 Å². The van der Waals surface area contributed by atoms with Crippen molar-refractivity contribution in [2.24, 2.45) is 0 Å². The smallest absolute Gasteiger partial charge is 0.416 e. The van der Waals surface area contributed by atoms with Crippen LogP contribution in [0.1, 0.15) is 27.2 Å². The van der Waals surface area contributed by atoms with Crippen LogP contribution in [0, 0.1) is 0 Å². The number of para-hydroxylation sites is 1. The Morgan fingerprint density at radius 1 is 0.973 bits per heavy atom. The minimum atomic E-state index is -5.06. The Morgan fingerprint density at radius 2 is 1.54 bits per heavy atom. The van der Waals surface area contributed by atoms with Crippen molar-refractivity contribution in [3.05, 3.63) is 71.0 Å². The summed E-state index contributed by atoms with van der Waals surface area (Å²) >= 11 is 0. The van der Waals surface area contributed by atoms with Gasteiger partial charge in [-0.3, -0.25) is 4.79 Å². The van der Waals surface area contributed by atoms with Crippen LogP contribution < -0.4 is 4.74 Å². The second-order valence-electron chi connectivity index (χ2n) is 7.96. The molecule has 0 atom stereocenters. The quantitative estimate of drug-likeness (QED) is 0.323. The first-order valence-corrected chi connectivity index (χ1v) is 12.2. The number of amides is 1. The van der Waals surface area contributed by atoms with Gasteiger partial charge in [-0.1, -0.05) is 18.2 Å². The zero-order valence-corrected chi connectivity index (χ0v) is 20.3. The summed E-state index contributed by atoms with van der Waals surface area (Å²) in [6, 6.07) is 7.31. The van der Waals surface area contributed by atoms with Crippen LogP contribution in [0.25, 0.3) is 11.1 Å². The second kappa shape index (κ2) is 10.00. The van der Waals surface area contributed by atoms with E-state index in [1.165, 1.54) is 13.2 Å². The van der Waals surface area contributed by atoms with Crippen molar-refractivity contribution in [1.82, 2.24) is 14.9 Å². The average molecular weight is 547 g/mol. The monoisotopic (exact) mass is 547 g/mol. The predicted molar refractivity (Wildman–Crippen MR) is 119 cm³/mol. The molecule has 0 aliphatic rings. The van der Waals surface area contributed by atoms with Gasteiger partial charge in [0.05, 0.1) is 18.2 Å². The molecule has 7 nitrogen and oxygen atoms in total. The van der Waals surface area contributed by atoms with Gasteiger partial charge in [-0.2, -0.15) is 26.3 Å². The summed E-state index contributed by atoms with van der Waals surface area (Å²) < 4.78 is 109. The summed E-state index contributed by atoms with van der Waals surface area (Å²) in [5.41, 5.74) is -3.61. The van der Waals surface area contributed by atoms with Gasteiger partial charge in [0, 0.05) is 37.2 Å². The van der Waals surface area contributed by atoms with E-state index in [4.69, 9.17) is 4.74 Å². The number of carbonyl (C=O) groups is 1. The van der Waals surface area contributed by atoms with E-state index in [1.807, 2.05) is 0 Å². The number of carbonyl (C=O) groups excluding carboxylic acids is 1. The SMILES string of the molecule is COc1ccccc1-c1cnc(S(C)(=O)=O)nc1C(=O)N(C)Cc1cc(C(F)(F)F)cc(C(F)(F)F)c1. The molecular weight excluding hydrogens is 528 g/mol. The van der Waals surface area contributed by atoms with Crippen molar-refractivity contribution in [1.29, 1.82) is 0 Å². The van der Waals surface area contributed by atoms with Gasteiger partial charge < -0.3 is 9.64 Å². The van der Waals surface area contributed by atoms with Crippen molar-refractivity contribution in [3.8, 4) is 16.9 Å². The zero-order chi connectivity index (χ0) is 27.8. The Kier molecular flexibility index (Phi) is 7.54. The summed E-state index contributed by atoms with van der Waals surface area (Å²) in [6.07, 6.45) is -8.24. The highest BCUT2D eigenvalue weighted by molar-refractivity contribution is 7.90. The molecule has 0 N–H and O–H groups in total. The third-order valence-electron chi connectivity index (χ3n) is 5.11. The minimum Gasteiger partial charge on any atom is -0.496 e. The number of alkyl halides is 6. The predicted octanol–water partition coefficient (Wildman–Crippen LogP) is 4.87. The molecule has 0 aliphatic carbocycles. The summed E-state index contributed by atoms with van der Waals surface area (Å²) in [4.78, 5) is 21.8. The molecule has 14 heteroatoms. The van der Waals surface area contributed by atoms with E-state index in [0.717, 1.165) is 24.4 Å². The van der Waals surface area contributed by atoms with Gasteiger partial charge in [0.15, 0.2) is 0 Å². The number of benzene rings is 2. The van der Waals surface area contributed by atoms with Crippen molar-refractivity contribution >= 4 is 15.7 Å². The summed E-state index contributed by atoms with van der Waals surface area (Å²) in [6.45, 7) is -0.671. The Bertz CT molecular complexity index is 1410. The molecule has 0 bridgehead atoms. The van der Waals surface area contributed by atoms with E-state index >= 15 is 0 Å². The number of rotatable bonds is 6. The van der Waals surface area contributed by atoms with E-state index in [-0.39, 0.29) is 17.4 Å². The molecule has 3 aromatic rings. The normalized spacial score (nSPS) is 12.4. The molecule has 0 aliphatic heterocycles. The highest BCUT2D eigenvalue weighted by Gasteiger charge is 2.37. The van der Waals surface area contributed by atoms with E-state index in [0.29, 0.717) is 17.7 Å². The standard InChI is InChI=1S/C23H19F6N3O4S/c1-32(12-13-8-14(22(24,25)26)10-15(9-13)23(27,28)29)20(33)19-17(11-30-21(31-19)37(3,34)35)16-6-4-5-7-18(16)36-2/h4-11H,12H2,1-3H3. The van der Waals surface area contributed by atoms with Crippen LogP contribution in [0.5, 0.6) is 5.75 Å².